The van der Waals surface area contributed by atoms with E-state index < -0.39 is 0 Å². The third kappa shape index (κ3) is 7.86. The molecule has 1 aliphatic rings. The van der Waals surface area contributed by atoms with Crippen LogP contribution >= 0.6 is 24.8 Å². The summed E-state index contributed by atoms with van der Waals surface area (Å²) in [6.45, 7) is 2.39. The Morgan fingerprint density at radius 2 is 1.71 bits per heavy atom. The molecule has 0 aromatic heterocycles. The minimum atomic E-state index is 0. The number of carbonyl (C=O) groups is 2. The molecule has 2 amide bonds. The molecule has 24 heavy (non-hydrogen) atoms. The van der Waals surface area contributed by atoms with Gasteiger partial charge < -0.3 is 16.0 Å². The van der Waals surface area contributed by atoms with Gasteiger partial charge in [-0.05, 0) is 25.0 Å². The predicted molar refractivity (Wildman–Crippen MR) is 101 cm³/mol. The number of benzene rings is 1. The Morgan fingerprint density at radius 3 is 2.29 bits per heavy atom. The van der Waals surface area contributed by atoms with Gasteiger partial charge in [-0.2, -0.15) is 0 Å². The first-order valence-corrected chi connectivity index (χ1v) is 7.68. The van der Waals surface area contributed by atoms with Gasteiger partial charge >= 0.3 is 0 Å². The van der Waals surface area contributed by atoms with E-state index >= 15 is 0 Å². The molecule has 1 aliphatic heterocycles. The van der Waals surface area contributed by atoms with Crippen LogP contribution in [0.4, 0.5) is 5.69 Å². The normalized spacial score (nSPS) is 14.7. The maximum absolute atomic E-state index is 11.9. The Balaban J connectivity index is 0.00000264. The second-order valence-electron chi connectivity index (χ2n) is 5.51. The maximum Gasteiger partial charge on any atom is 0.239 e. The molecule has 0 aliphatic carbocycles. The van der Waals surface area contributed by atoms with Crippen molar-refractivity contribution in [3.8, 4) is 0 Å². The van der Waals surface area contributed by atoms with Crippen molar-refractivity contribution in [3.63, 3.8) is 0 Å². The molecule has 1 saturated heterocycles. The van der Waals surface area contributed by atoms with Gasteiger partial charge in [0.25, 0.3) is 0 Å². The number of anilines is 1. The predicted octanol–water partition coefficient (Wildman–Crippen LogP) is 1.27. The monoisotopic (exact) mass is 376 g/mol. The fraction of sp³-hybridized carbons (Fsp3) is 0.500. The Kier molecular flexibility index (Phi) is 11.2. The highest BCUT2D eigenvalue weighted by Crippen LogP contribution is 2.10. The SMILES string of the molecule is CNC(=O)CN1CCC(NC(=O)CNc2ccccc2)CC1.Cl.Cl. The summed E-state index contributed by atoms with van der Waals surface area (Å²) in [6.07, 6.45) is 1.77. The van der Waals surface area contributed by atoms with Crippen molar-refractivity contribution < 1.29 is 9.59 Å². The molecule has 2 rings (SSSR count). The van der Waals surface area contributed by atoms with Gasteiger partial charge in [-0.3, -0.25) is 14.5 Å². The second kappa shape index (κ2) is 11.9. The highest BCUT2D eigenvalue weighted by molar-refractivity contribution is 5.85. The number of nitrogens with zero attached hydrogens (tertiary/aromatic N) is 1. The standard InChI is InChI=1S/C16H24N4O2.2ClH/c1-17-16(22)12-20-9-7-14(8-10-20)19-15(21)11-18-13-5-3-2-4-6-13;;/h2-6,14,18H,7-12H2,1H3,(H,17,22)(H,19,21);2*1H. The van der Waals surface area contributed by atoms with Crippen molar-refractivity contribution in [3.05, 3.63) is 30.3 Å². The van der Waals surface area contributed by atoms with Crippen LogP contribution in [0.1, 0.15) is 12.8 Å². The van der Waals surface area contributed by atoms with E-state index in [1.165, 1.54) is 0 Å². The van der Waals surface area contributed by atoms with Gasteiger partial charge in [0, 0.05) is 31.9 Å². The summed E-state index contributed by atoms with van der Waals surface area (Å²) >= 11 is 0. The van der Waals surface area contributed by atoms with Crippen LogP contribution in [-0.4, -0.2) is 56.0 Å². The van der Waals surface area contributed by atoms with E-state index in [1.807, 2.05) is 30.3 Å². The van der Waals surface area contributed by atoms with E-state index in [-0.39, 0.29) is 49.2 Å². The van der Waals surface area contributed by atoms with Gasteiger partial charge in [0.15, 0.2) is 0 Å². The molecule has 0 spiro atoms. The molecule has 1 heterocycles. The number of hydrogen-bond donors (Lipinski definition) is 3. The van der Waals surface area contributed by atoms with Crippen molar-refractivity contribution >= 4 is 42.3 Å². The number of amides is 2. The first kappa shape index (κ1) is 22.5. The van der Waals surface area contributed by atoms with Crippen molar-refractivity contribution in [1.82, 2.24) is 15.5 Å². The van der Waals surface area contributed by atoms with Crippen molar-refractivity contribution in [2.45, 2.75) is 18.9 Å². The van der Waals surface area contributed by atoms with Gasteiger partial charge in [-0.25, -0.2) is 0 Å². The lowest BCUT2D eigenvalue weighted by atomic mass is 10.1. The summed E-state index contributed by atoms with van der Waals surface area (Å²) in [6, 6.07) is 9.88. The fourth-order valence-corrected chi connectivity index (χ4v) is 2.53. The Bertz CT molecular complexity index is 494. The molecule has 0 unspecified atom stereocenters. The van der Waals surface area contributed by atoms with Gasteiger partial charge in [-0.15, -0.1) is 24.8 Å². The van der Waals surface area contributed by atoms with Crippen LogP contribution in [0.25, 0.3) is 0 Å². The highest BCUT2D eigenvalue weighted by Gasteiger charge is 2.21. The molecular weight excluding hydrogens is 351 g/mol. The molecule has 1 aromatic carbocycles. The van der Waals surface area contributed by atoms with E-state index in [2.05, 4.69) is 20.9 Å². The van der Waals surface area contributed by atoms with Crippen LogP contribution in [0, 0.1) is 0 Å². The van der Waals surface area contributed by atoms with Crippen LogP contribution in [0.3, 0.4) is 0 Å². The minimum absolute atomic E-state index is 0. The molecule has 3 N–H and O–H groups in total. The minimum Gasteiger partial charge on any atom is -0.376 e. The molecule has 0 bridgehead atoms. The lowest BCUT2D eigenvalue weighted by molar-refractivity contribution is -0.123. The van der Waals surface area contributed by atoms with Crippen LogP contribution in [-0.2, 0) is 9.59 Å². The van der Waals surface area contributed by atoms with Gasteiger partial charge in [-0.1, -0.05) is 18.2 Å². The van der Waals surface area contributed by atoms with Crippen LogP contribution in [0.2, 0.25) is 0 Å². The number of hydrogen-bond acceptors (Lipinski definition) is 4. The lowest BCUT2D eigenvalue weighted by Crippen LogP contribution is -2.48. The largest absolute Gasteiger partial charge is 0.376 e. The molecule has 1 fully saturated rings. The average Bonchev–Trinajstić information content (AvgIpc) is 2.55. The van der Waals surface area contributed by atoms with Crippen LogP contribution in [0.15, 0.2) is 30.3 Å². The number of piperidine rings is 1. The molecule has 1 aromatic rings. The van der Waals surface area contributed by atoms with Crippen molar-refractivity contribution in [2.24, 2.45) is 0 Å². The van der Waals surface area contributed by atoms with Crippen molar-refractivity contribution in [2.75, 3.05) is 38.5 Å². The summed E-state index contributed by atoms with van der Waals surface area (Å²) in [5.41, 5.74) is 0.943. The third-order valence-corrected chi connectivity index (χ3v) is 3.83. The number of likely N-dealkylation sites (N-methyl/N-ethyl adjacent to an activating group) is 1. The molecule has 136 valence electrons. The Morgan fingerprint density at radius 1 is 1.08 bits per heavy atom. The molecule has 0 radical (unpaired) electrons. The average molecular weight is 377 g/mol. The Hall–Kier alpha value is -1.50. The molecule has 0 saturated carbocycles. The first-order chi connectivity index (χ1) is 10.7. The molecule has 8 heteroatoms. The molecular formula is C16H26Cl2N4O2. The zero-order valence-electron chi connectivity index (χ0n) is 13.8. The topological polar surface area (TPSA) is 73.5 Å². The van der Waals surface area contributed by atoms with Gasteiger partial charge in [0.1, 0.15) is 0 Å². The zero-order chi connectivity index (χ0) is 15.8. The van der Waals surface area contributed by atoms with Crippen LogP contribution < -0.4 is 16.0 Å². The van der Waals surface area contributed by atoms with Crippen LogP contribution in [0.5, 0.6) is 0 Å². The number of rotatable bonds is 6. The zero-order valence-corrected chi connectivity index (χ0v) is 15.4. The Labute approximate surface area is 155 Å². The van der Waals surface area contributed by atoms with Gasteiger partial charge in [0.05, 0.1) is 13.1 Å². The summed E-state index contributed by atoms with van der Waals surface area (Å²) in [5, 5.41) is 8.78. The van der Waals surface area contributed by atoms with Crippen molar-refractivity contribution in [1.29, 1.82) is 0 Å². The third-order valence-electron chi connectivity index (χ3n) is 3.83. The highest BCUT2D eigenvalue weighted by atomic mass is 35.5. The number of carbonyl (C=O) groups excluding carboxylic acids is 2. The number of halogens is 2. The molecule has 0 atom stereocenters. The summed E-state index contributed by atoms with van der Waals surface area (Å²) < 4.78 is 0. The molecule has 6 nitrogen and oxygen atoms in total. The van der Waals surface area contributed by atoms with E-state index in [4.69, 9.17) is 0 Å². The summed E-state index contributed by atoms with van der Waals surface area (Å²) in [5.74, 6) is 0.0446. The number of para-hydroxylation sites is 1. The van der Waals surface area contributed by atoms with E-state index in [1.54, 1.807) is 7.05 Å². The quantitative estimate of drug-likeness (QED) is 0.698. The van der Waals surface area contributed by atoms with Gasteiger partial charge in [0.2, 0.25) is 11.8 Å². The lowest BCUT2D eigenvalue weighted by Gasteiger charge is -2.31. The summed E-state index contributed by atoms with van der Waals surface area (Å²) in [4.78, 5) is 25.4. The first-order valence-electron chi connectivity index (χ1n) is 7.68. The van der Waals surface area contributed by atoms with E-state index in [9.17, 15) is 9.59 Å². The fourth-order valence-electron chi connectivity index (χ4n) is 2.53. The number of likely N-dealkylation sites (tertiary alicyclic amines) is 1. The second-order valence-corrected chi connectivity index (χ2v) is 5.51. The van der Waals surface area contributed by atoms with E-state index in [0.717, 1.165) is 31.6 Å². The number of nitrogens with one attached hydrogen (secondary N) is 3. The summed E-state index contributed by atoms with van der Waals surface area (Å²) in [7, 11) is 1.65. The maximum atomic E-state index is 11.9. The smallest absolute Gasteiger partial charge is 0.239 e. The van der Waals surface area contributed by atoms with E-state index in [0.29, 0.717) is 6.54 Å².